The van der Waals surface area contributed by atoms with E-state index < -0.39 is 6.23 Å². The van der Waals surface area contributed by atoms with E-state index in [1.807, 2.05) is 48.5 Å². The molecular formula is C23H24N4O3S. The molecule has 2 heterocycles. The first kappa shape index (κ1) is 21.1. The maximum atomic E-state index is 12.8. The van der Waals surface area contributed by atoms with Gasteiger partial charge in [-0.05, 0) is 36.2 Å². The van der Waals surface area contributed by atoms with Gasteiger partial charge in [-0.2, -0.15) is 4.98 Å². The summed E-state index contributed by atoms with van der Waals surface area (Å²) < 4.78 is 11.6. The Bertz CT molecular complexity index is 1090. The van der Waals surface area contributed by atoms with Gasteiger partial charge in [0.15, 0.2) is 5.69 Å². The topological polar surface area (TPSA) is 77.4 Å². The van der Waals surface area contributed by atoms with Gasteiger partial charge in [-0.25, -0.2) is 0 Å². The lowest BCUT2D eigenvalue weighted by Crippen LogP contribution is -2.36. The van der Waals surface area contributed by atoms with Crippen LogP contribution in [0.4, 0.5) is 5.69 Å². The van der Waals surface area contributed by atoms with Gasteiger partial charge in [-0.3, -0.25) is 9.69 Å². The number of carbonyl (C=O) groups excluding carboxylic acids is 1. The predicted octanol–water partition coefficient (Wildman–Crippen LogP) is 4.74. The van der Waals surface area contributed by atoms with Gasteiger partial charge in [0, 0.05) is 23.8 Å². The third-order valence-electron chi connectivity index (χ3n) is 4.80. The van der Waals surface area contributed by atoms with Crippen LogP contribution in [0.5, 0.6) is 11.6 Å². The molecule has 2 aromatic carbocycles. The van der Waals surface area contributed by atoms with Crippen molar-refractivity contribution in [3.8, 4) is 22.9 Å². The Morgan fingerprint density at radius 1 is 1.16 bits per heavy atom. The lowest BCUT2D eigenvalue weighted by molar-refractivity contribution is -0.118. The highest BCUT2D eigenvalue weighted by molar-refractivity contribution is 7.99. The average molecular weight is 437 g/mol. The number of nitrogens with zero attached hydrogens (tertiary/aromatic N) is 4. The Morgan fingerprint density at radius 3 is 2.58 bits per heavy atom. The number of anilines is 1. The second-order valence-corrected chi connectivity index (χ2v) is 8.59. The van der Waals surface area contributed by atoms with Gasteiger partial charge in [-0.1, -0.05) is 43.8 Å². The smallest absolute Gasteiger partial charge is 0.247 e. The lowest BCUT2D eigenvalue weighted by atomic mass is 10.1. The summed E-state index contributed by atoms with van der Waals surface area (Å²) in [5.41, 5.74) is 2.78. The third kappa shape index (κ3) is 4.34. The number of para-hydroxylation sites is 1. The molecule has 1 aliphatic heterocycles. The van der Waals surface area contributed by atoms with Gasteiger partial charge in [-0.15, -0.1) is 10.2 Å². The molecule has 0 aliphatic carbocycles. The van der Waals surface area contributed by atoms with E-state index in [1.54, 1.807) is 12.0 Å². The summed E-state index contributed by atoms with van der Waals surface area (Å²) in [6.07, 6.45) is -0.703. The molecular weight excluding hydrogens is 412 g/mol. The second kappa shape index (κ2) is 8.93. The Labute approximate surface area is 185 Å². The second-order valence-electron chi connectivity index (χ2n) is 7.60. The van der Waals surface area contributed by atoms with E-state index in [-0.39, 0.29) is 5.91 Å². The van der Waals surface area contributed by atoms with Crippen molar-refractivity contribution >= 4 is 23.4 Å². The number of hydrogen-bond acceptors (Lipinski definition) is 7. The fourth-order valence-electron chi connectivity index (χ4n) is 3.34. The molecule has 160 valence electrons. The summed E-state index contributed by atoms with van der Waals surface area (Å²) in [6, 6.07) is 15.0. The standard InChI is InChI=1S/C23H24N4O3S/c1-14(2)13-31-23-24-21-20(25-26-23)18-7-5-6-8-19(18)27(15(3)28)22(30-21)16-9-11-17(29-4)12-10-16/h5-12,14,22H,13H2,1-4H3/t22-/m1/s1. The van der Waals surface area contributed by atoms with Crippen LogP contribution >= 0.6 is 11.8 Å². The summed E-state index contributed by atoms with van der Waals surface area (Å²) in [5.74, 6) is 2.30. The Kier molecular flexibility index (Phi) is 6.08. The van der Waals surface area contributed by atoms with Gasteiger partial charge in [0.25, 0.3) is 0 Å². The minimum Gasteiger partial charge on any atom is -0.497 e. The fraction of sp³-hybridized carbons (Fsp3) is 0.304. The van der Waals surface area contributed by atoms with E-state index >= 15 is 0 Å². The van der Waals surface area contributed by atoms with Crippen molar-refractivity contribution in [2.45, 2.75) is 32.2 Å². The van der Waals surface area contributed by atoms with Crippen LogP contribution in [-0.2, 0) is 4.79 Å². The first-order valence-electron chi connectivity index (χ1n) is 10.0. The number of aromatic nitrogens is 3. The van der Waals surface area contributed by atoms with Crippen molar-refractivity contribution in [3.63, 3.8) is 0 Å². The Balaban J connectivity index is 1.85. The highest BCUT2D eigenvalue weighted by Crippen LogP contribution is 2.43. The number of rotatable bonds is 5. The van der Waals surface area contributed by atoms with E-state index in [4.69, 9.17) is 9.47 Å². The summed E-state index contributed by atoms with van der Waals surface area (Å²) in [6.45, 7) is 5.80. The van der Waals surface area contributed by atoms with E-state index in [9.17, 15) is 4.79 Å². The van der Waals surface area contributed by atoms with Crippen LogP contribution in [0.15, 0.2) is 53.7 Å². The van der Waals surface area contributed by atoms with E-state index in [0.717, 1.165) is 22.6 Å². The van der Waals surface area contributed by atoms with E-state index in [2.05, 4.69) is 29.0 Å². The van der Waals surface area contributed by atoms with Gasteiger partial charge >= 0.3 is 0 Å². The van der Waals surface area contributed by atoms with Crippen molar-refractivity contribution in [2.24, 2.45) is 5.92 Å². The summed E-state index contributed by atoms with van der Waals surface area (Å²) in [4.78, 5) is 19.1. The number of hydrogen-bond donors (Lipinski definition) is 0. The highest BCUT2D eigenvalue weighted by atomic mass is 32.2. The molecule has 31 heavy (non-hydrogen) atoms. The quantitative estimate of drug-likeness (QED) is 0.535. The molecule has 0 saturated heterocycles. The molecule has 0 spiro atoms. The number of thioether (sulfide) groups is 1. The molecule has 1 aliphatic rings. The molecule has 0 bridgehead atoms. The molecule has 0 unspecified atom stereocenters. The molecule has 1 aromatic heterocycles. The zero-order valence-corrected chi connectivity index (χ0v) is 18.7. The molecule has 8 heteroatoms. The predicted molar refractivity (Wildman–Crippen MR) is 120 cm³/mol. The van der Waals surface area contributed by atoms with Gasteiger partial charge in [0.2, 0.25) is 23.2 Å². The lowest BCUT2D eigenvalue weighted by Gasteiger charge is -2.29. The van der Waals surface area contributed by atoms with Crippen LogP contribution in [0.3, 0.4) is 0 Å². The molecule has 1 amide bonds. The van der Waals surface area contributed by atoms with Gasteiger partial charge < -0.3 is 9.47 Å². The molecule has 0 radical (unpaired) electrons. The number of benzene rings is 2. The molecule has 0 N–H and O–H groups in total. The van der Waals surface area contributed by atoms with Crippen LogP contribution in [0.1, 0.15) is 32.6 Å². The number of carbonyl (C=O) groups is 1. The summed E-state index contributed by atoms with van der Waals surface area (Å²) in [7, 11) is 1.62. The van der Waals surface area contributed by atoms with Crippen LogP contribution in [0.2, 0.25) is 0 Å². The van der Waals surface area contributed by atoms with Crippen molar-refractivity contribution in [1.82, 2.24) is 15.2 Å². The first-order chi connectivity index (χ1) is 15.0. The number of ether oxygens (including phenoxy) is 2. The third-order valence-corrected chi connectivity index (χ3v) is 6.06. The average Bonchev–Trinajstić information content (AvgIpc) is 2.92. The number of fused-ring (bicyclic) bond motifs is 3. The van der Waals surface area contributed by atoms with Crippen molar-refractivity contribution in [1.29, 1.82) is 0 Å². The first-order valence-corrected chi connectivity index (χ1v) is 11.0. The van der Waals surface area contributed by atoms with Crippen LogP contribution in [-0.4, -0.2) is 34.0 Å². The van der Waals surface area contributed by atoms with Crippen molar-refractivity contribution in [3.05, 3.63) is 54.1 Å². The van der Waals surface area contributed by atoms with Crippen LogP contribution in [0.25, 0.3) is 11.3 Å². The molecule has 0 saturated carbocycles. The SMILES string of the molecule is COc1ccc([C@H]2Oc3nc(SCC(C)C)nnc3-c3ccccc3N2C(C)=O)cc1. The van der Waals surface area contributed by atoms with Crippen LogP contribution < -0.4 is 14.4 Å². The number of amides is 1. The van der Waals surface area contributed by atoms with E-state index in [1.165, 1.54) is 18.7 Å². The molecule has 0 fully saturated rings. The maximum Gasteiger partial charge on any atom is 0.247 e. The molecule has 3 aromatic rings. The molecule has 4 rings (SSSR count). The van der Waals surface area contributed by atoms with Gasteiger partial charge in [0.1, 0.15) is 5.75 Å². The van der Waals surface area contributed by atoms with Gasteiger partial charge in [0.05, 0.1) is 12.8 Å². The van der Waals surface area contributed by atoms with Crippen molar-refractivity contribution < 1.29 is 14.3 Å². The zero-order valence-electron chi connectivity index (χ0n) is 17.9. The van der Waals surface area contributed by atoms with Crippen molar-refractivity contribution in [2.75, 3.05) is 17.8 Å². The maximum absolute atomic E-state index is 12.8. The van der Waals surface area contributed by atoms with E-state index in [0.29, 0.717) is 28.3 Å². The summed E-state index contributed by atoms with van der Waals surface area (Å²) >= 11 is 1.54. The Morgan fingerprint density at radius 2 is 1.90 bits per heavy atom. The minimum atomic E-state index is -0.703. The highest BCUT2D eigenvalue weighted by Gasteiger charge is 2.34. The summed E-state index contributed by atoms with van der Waals surface area (Å²) in [5, 5.41) is 9.28. The fourth-order valence-corrected chi connectivity index (χ4v) is 4.07. The number of methoxy groups -OCH3 is 1. The largest absolute Gasteiger partial charge is 0.497 e. The Hall–Kier alpha value is -3.13. The molecule has 1 atom stereocenters. The monoisotopic (exact) mass is 436 g/mol. The zero-order chi connectivity index (χ0) is 22.0. The van der Waals surface area contributed by atoms with Crippen LogP contribution in [0, 0.1) is 5.92 Å². The molecule has 7 nitrogen and oxygen atoms in total. The normalized spacial score (nSPS) is 15.0. The minimum absolute atomic E-state index is 0.150.